The third kappa shape index (κ3) is 3.36. The van der Waals surface area contributed by atoms with E-state index in [1.807, 2.05) is 24.3 Å². The number of piperidine rings is 2. The van der Waals surface area contributed by atoms with Crippen LogP contribution in [0.4, 0.5) is 0 Å². The van der Waals surface area contributed by atoms with Gasteiger partial charge in [0.15, 0.2) is 0 Å². The quantitative estimate of drug-likeness (QED) is 0.644. The molecule has 0 amide bonds. The number of fused-ring (bicyclic) bond motifs is 3. The summed E-state index contributed by atoms with van der Waals surface area (Å²) in [6, 6.07) is 13.3. The second-order valence-corrected chi connectivity index (χ2v) is 7.86. The first-order valence-corrected chi connectivity index (χ1v) is 9.86. The molecule has 6 nitrogen and oxygen atoms in total. The maximum absolute atomic E-state index is 10.4. The van der Waals surface area contributed by atoms with Gasteiger partial charge in [-0.1, -0.05) is 12.5 Å². The smallest absolute Gasteiger partial charge is 0.233 e. The molecule has 6 heteroatoms. The van der Waals surface area contributed by atoms with Gasteiger partial charge in [0.1, 0.15) is 17.6 Å². The highest BCUT2D eigenvalue weighted by Gasteiger charge is 2.32. The highest BCUT2D eigenvalue weighted by Crippen LogP contribution is 2.34. The zero-order valence-corrected chi connectivity index (χ0v) is 15.5. The molecule has 3 aromatic rings. The number of aromatic hydroxyl groups is 2. The molecule has 1 unspecified atom stereocenters. The van der Waals surface area contributed by atoms with Gasteiger partial charge in [0.25, 0.3) is 0 Å². The van der Waals surface area contributed by atoms with Crippen LogP contribution in [0.3, 0.4) is 0 Å². The average Bonchev–Trinajstić information content (AvgIpc) is 2.68. The van der Waals surface area contributed by atoms with E-state index in [2.05, 4.69) is 15.5 Å². The van der Waals surface area contributed by atoms with Gasteiger partial charge in [-0.05, 0) is 66.8 Å². The van der Waals surface area contributed by atoms with E-state index in [0.717, 1.165) is 23.6 Å². The number of ether oxygens (including phenoxy) is 1. The van der Waals surface area contributed by atoms with E-state index in [-0.39, 0.29) is 17.6 Å². The molecule has 0 radical (unpaired) electrons. The number of phenolic OH excluding ortho intramolecular Hbond substituents is 2. The number of benzene rings is 2. The van der Waals surface area contributed by atoms with Crippen molar-refractivity contribution in [2.75, 3.05) is 0 Å². The van der Waals surface area contributed by atoms with Gasteiger partial charge in [0.05, 0.1) is 5.69 Å². The molecule has 2 fully saturated rings. The van der Waals surface area contributed by atoms with Gasteiger partial charge in [0, 0.05) is 23.7 Å². The fraction of sp³-hybridized carbons (Fsp3) is 0.364. The lowest BCUT2D eigenvalue weighted by Crippen LogP contribution is -2.51. The van der Waals surface area contributed by atoms with Crippen molar-refractivity contribution < 1.29 is 14.9 Å². The molecule has 144 valence electrons. The van der Waals surface area contributed by atoms with E-state index in [9.17, 15) is 10.2 Å². The molecule has 3 heterocycles. The van der Waals surface area contributed by atoms with Crippen molar-refractivity contribution in [2.24, 2.45) is 0 Å². The molecule has 0 aliphatic carbocycles. The van der Waals surface area contributed by atoms with E-state index >= 15 is 0 Å². The van der Waals surface area contributed by atoms with Crippen LogP contribution in [0, 0.1) is 0 Å². The van der Waals surface area contributed by atoms with Gasteiger partial charge in [-0.2, -0.15) is 0 Å². The normalized spacial score (nSPS) is 24.2. The predicted molar refractivity (Wildman–Crippen MR) is 107 cm³/mol. The molecule has 0 saturated carbocycles. The van der Waals surface area contributed by atoms with E-state index in [0.29, 0.717) is 29.2 Å². The maximum Gasteiger partial charge on any atom is 0.233 e. The van der Waals surface area contributed by atoms with Crippen molar-refractivity contribution >= 4 is 10.8 Å². The fourth-order valence-corrected chi connectivity index (χ4v) is 4.49. The maximum atomic E-state index is 10.4. The molecule has 2 saturated heterocycles. The van der Waals surface area contributed by atoms with Crippen LogP contribution in [-0.2, 0) is 0 Å². The highest BCUT2D eigenvalue weighted by molar-refractivity contribution is 5.90. The zero-order valence-electron chi connectivity index (χ0n) is 15.5. The second-order valence-electron chi connectivity index (χ2n) is 7.86. The first-order chi connectivity index (χ1) is 13.6. The van der Waals surface area contributed by atoms with Crippen LogP contribution >= 0.6 is 0 Å². The molecule has 28 heavy (non-hydrogen) atoms. The molecule has 3 atom stereocenters. The van der Waals surface area contributed by atoms with Gasteiger partial charge in [-0.3, -0.25) is 0 Å². The highest BCUT2D eigenvalue weighted by atomic mass is 16.5. The number of hydrogen-bond donors (Lipinski definition) is 3. The number of aromatic nitrogens is 2. The van der Waals surface area contributed by atoms with Gasteiger partial charge < -0.3 is 20.3 Å². The molecule has 2 bridgehead atoms. The van der Waals surface area contributed by atoms with E-state index in [1.54, 1.807) is 18.2 Å². The Morgan fingerprint density at radius 2 is 1.71 bits per heavy atom. The summed E-state index contributed by atoms with van der Waals surface area (Å²) in [4.78, 5) is 0. The summed E-state index contributed by atoms with van der Waals surface area (Å²) in [5.74, 6) is 0.800. The van der Waals surface area contributed by atoms with Crippen LogP contribution in [0.25, 0.3) is 22.0 Å². The van der Waals surface area contributed by atoms with Crippen LogP contribution < -0.4 is 10.1 Å². The standard InChI is InChI=1S/C22H23N3O3/c26-17-5-4-13-9-19(21(27)10-14(13)8-17)20-6-7-22(25-24-20)28-18-11-15-2-1-3-16(12-18)23-15/h4-10,15-16,18,23,26-27H,1-3,11-12H2/t15-,16+,18?. The Morgan fingerprint density at radius 3 is 2.46 bits per heavy atom. The summed E-state index contributed by atoms with van der Waals surface area (Å²) >= 11 is 0. The van der Waals surface area contributed by atoms with E-state index < -0.39 is 0 Å². The van der Waals surface area contributed by atoms with Crippen molar-refractivity contribution in [2.45, 2.75) is 50.3 Å². The summed E-state index contributed by atoms with van der Waals surface area (Å²) in [5.41, 5.74) is 1.19. The molecular formula is C22H23N3O3. The third-order valence-electron chi connectivity index (χ3n) is 5.81. The largest absolute Gasteiger partial charge is 0.508 e. The monoisotopic (exact) mass is 377 g/mol. The van der Waals surface area contributed by atoms with Crippen LogP contribution in [0.5, 0.6) is 17.4 Å². The van der Waals surface area contributed by atoms with Gasteiger partial charge in [-0.15, -0.1) is 10.2 Å². The minimum Gasteiger partial charge on any atom is -0.508 e. The first-order valence-electron chi connectivity index (χ1n) is 9.86. The van der Waals surface area contributed by atoms with Crippen molar-refractivity contribution in [3.63, 3.8) is 0 Å². The lowest BCUT2D eigenvalue weighted by molar-refractivity contribution is 0.0881. The van der Waals surface area contributed by atoms with Crippen molar-refractivity contribution in [1.82, 2.24) is 15.5 Å². The minimum atomic E-state index is 0.104. The summed E-state index contributed by atoms with van der Waals surface area (Å²) < 4.78 is 6.09. The average molecular weight is 377 g/mol. The first kappa shape index (κ1) is 17.3. The van der Waals surface area contributed by atoms with Crippen LogP contribution in [0.2, 0.25) is 0 Å². The summed E-state index contributed by atoms with van der Waals surface area (Å²) in [6.45, 7) is 0. The van der Waals surface area contributed by atoms with Gasteiger partial charge >= 0.3 is 0 Å². The number of hydrogen-bond acceptors (Lipinski definition) is 6. The Bertz CT molecular complexity index is 994. The molecule has 0 spiro atoms. The lowest BCUT2D eigenvalue weighted by atomic mass is 9.85. The van der Waals surface area contributed by atoms with Crippen molar-refractivity contribution in [3.05, 3.63) is 42.5 Å². The number of nitrogens with zero attached hydrogens (tertiary/aromatic N) is 2. The Hall–Kier alpha value is -2.86. The number of rotatable bonds is 3. The Morgan fingerprint density at radius 1 is 0.893 bits per heavy atom. The Kier molecular flexibility index (Phi) is 4.28. The predicted octanol–water partition coefficient (Wildman–Crippen LogP) is 3.76. The molecular weight excluding hydrogens is 354 g/mol. The van der Waals surface area contributed by atoms with Gasteiger partial charge in [-0.25, -0.2) is 0 Å². The van der Waals surface area contributed by atoms with Crippen molar-refractivity contribution in [1.29, 1.82) is 0 Å². The molecule has 2 aliphatic heterocycles. The zero-order chi connectivity index (χ0) is 19.1. The van der Waals surface area contributed by atoms with E-state index in [4.69, 9.17) is 4.74 Å². The number of nitrogens with one attached hydrogen (secondary N) is 1. The molecule has 5 rings (SSSR count). The molecule has 2 aromatic carbocycles. The second kappa shape index (κ2) is 6.95. The molecule has 1 aromatic heterocycles. The third-order valence-corrected chi connectivity index (χ3v) is 5.81. The number of phenols is 2. The SMILES string of the molecule is Oc1ccc2cc(-c3ccc(OC4C[C@H]5CCC[C@@H](C4)N5)nn3)c(O)cc2c1. The summed E-state index contributed by atoms with van der Waals surface area (Å²) in [6.07, 6.45) is 5.95. The van der Waals surface area contributed by atoms with Crippen LogP contribution in [0.15, 0.2) is 42.5 Å². The summed E-state index contributed by atoms with van der Waals surface area (Å²) in [5, 5.41) is 33.8. The van der Waals surface area contributed by atoms with Crippen molar-refractivity contribution in [3.8, 4) is 28.6 Å². The lowest BCUT2D eigenvalue weighted by Gasteiger charge is -2.39. The molecule has 3 N–H and O–H groups in total. The topological polar surface area (TPSA) is 87.5 Å². The minimum absolute atomic E-state index is 0.104. The summed E-state index contributed by atoms with van der Waals surface area (Å²) in [7, 11) is 0. The van der Waals surface area contributed by atoms with Crippen LogP contribution in [0.1, 0.15) is 32.1 Å². The fourth-order valence-electron chi connectivity index (χ4n) is 4.49. The van der Waals surface area contributed by atoms with Crippen LogP contribution in [-0.4, -0.2) is 38.6 Å². The van der Waals surface area contributed by atoms with Gasteiger partial charge in [0.2, 0.25) is 5.88 Å². The van der Waals surface area contributed by atoms with E-state index in [1.165, 1.54) is 19.3 Å². The molecule has 2 aliphatic rings. The Balaban J connectivity index is 1.35. The Labute approximate surface area is 163 Å².